The molecule has 1 aromatic heterocycles. The molecule has 3 rings (SSSR count). The summed E-state index contributed by atoms with van der Waals surface area (Å²) >= 11 is 0. The lowest BCUT2D eigenvalue weighted by Crippen LogP contribution is -2.39. The van der Waals surface area contributed by atoms with Crippen LogP contribution < -0.4 is 10.2 Å². The molecule has 2 aromatic rings. The Kier molecular flexibility index (Phi) is 4.64. The minimum atomic E-state index is -4.40. The lowest BCUT2D eigenvalue weighted by atomic mass is 10.0. The monoisotopic (exact) mass is 335 g/mol. The van der Waals surface area contributed by atoms with Gasteiger partial charge in [-0.2, -0.15) is 13.2 Å². The minimum absolute atomic E-state index is 0.328. The summed E-state index contributed by atoms with van der Waals surface area (Å²) in [7, 11) is 0. The van der Waals surface area contributed by atoms with Crippen molar-refractivity contribution in [2.24, 2.45) is 0 Å². The molecule has 0 bridgehead atoms. The lowest BCUT2D eigenvalue weighted by Gasteiger charge is -2.34. The van der Waals surface area contributed by atoms with Gasteiger partial charge in [0.25, 0.3) is 0 Å². The third-order valence-electron chi connectivity index (χ3n) is 4.23. The van der Waals surface area contributed by atoms with Crippen molar-refractivity contribution in [1.29, 1.82) is 0 Å². The number of hydrogen-bond donors (Lipinski definition) is 1. The molecule has 128 valence electrons. The van der Waals surface area contributed by atoms with E-state index in [9.17, 15) is 13.2 Å². The summed E-state index contributed by atoms with van der Waals surface area (Å²) in [5, 5.41) is 3.50. The maximum Gasteiger partial charge on any atom is 0.433 e. The van der Waals surface area contributed by atoms with E-state index in [1.54, 1.807) is 6.07 Å². The minimum Gasteiger partial charge on any atom is -0.382 e. The van der Waals surface area contributed by atoms with Gasteiger partial charge in [0.15, 0.2) is 0 Å². The van der Waals surface area contributed by atoms with Crippen molar-refractivity contribution >= 4 is 11.5 Å². The van der Waals surface area contributed by atoms with E-state index in [2.05, 4.69) is 16.4 Å². The van der Waals surface area contributed by atoms with Gasteiger partial charge in [0, 0.05) is 24.8 Å². The van der Waals surface area contributed by atoms with Crippen LogP contribution in [-0.2, 0) is 6.18 Å². The number of piperidine rings is 1. The van der Waals surface area contributed by atoms with Gasteiger partial charge in [0.05, 0.1) is 0 Å². The van der Waals surface area contributed by atoms with Crippen molar-refractivity contribution in [3.63, 3.8) is 0 Å². The van der Waals surface area contributed by atoms with Crippen LogP contribution in [0, 0.1) is 6.92 Å². The first-order valence-corrected chi connectivity index (χ1v) is 8.04. The van der Waals surface area contributed by atoms with Gasteiger partial charge in [0.2, 0.25) is 0 Å². The Bertz CT molecular complexity index is 692. The molecule has 6 heteroatoms. The highest BCUT2D eigenvalue weighted by Gasteiger charge is 2.33. The van der Waals surface area contributed by atoms with Gasteiger partial charge in [-0.1, -0.05) is 18.2 Å². The molecule has 1 aliphatic rings. The number of aromatic nitrogens is 1. The first-order chi connectivity index (χ1) is 11.4. The molecule has 24 heavy (non-hydrogen) atoms. The lowest BCUT2D eigenvalue weighted by molar-refractivity contribution is -0.141. The van der Waals surface area contributed by atoms with Gasteiger partial charge in [-0.15, -0.1) is 0 Å². The SMILES string of the molecule is Cc1cccc(NC2CCN(c3cccc(C(F)(F)F)n3)CC2)c1. The zero-order valence-corrected chi connectivity index (χ0v) is 13.5. The Balaban J connectivity index is 1.61. The molecule has 3 nitrogen and oxygen atoms in total. The summed E-state index contributed by atoms with van der Waals surface area (Å²) < 4.78 is 38.3. The Morgan fingerprint density at radius 2 is 1.79 bits per heavy atom. The number of aryl methyl sites for hydroxylation is 1. The topological polar surface area (TPSA) is 28.2 Å². The number of hydrogen-bond acceptors (Lipinski definition) is 3. The predicted molar refractivity (Wildman–Crippen MR) is 89.3 cm³/mol. The number of benzene rings is 1. The largest absolute Gasteiger partial charge is 0.433 e. The second-order valence-corrected chi connectivity index (χ2v) is 6.15. The smallest absolute Gasteiger partial charge is 0.382 e. The highest BCUT2D eigenvalue weighted by Crippen LogP contribution is 2.29. The molecular weight excluding hydrogens is 315 g/mol. The number of anilines is 2. The quantitative estimate of drug-likeness (QED) is 0.896. The van der Waals surface area contributed by atoms with Crippen molar-refractivity contribution in [3.8, 4) is 0 Å². The average molecular weight is 335 g/mol. The van der Waals surface area contributed by atoms with Crippen molar-refractivity contribution < 1.29 is 13.2 Å². The second kappa shape index (κ2) is 6.71. The second-order valence-electron chi connectivity index (χ2n) is 6.15. The molecule has 0 atom stereocenters. The van der Waals surface area contributed by atoms with Crippen LogP contribution in [0.25, 0.3) is 0 Å². The van der Waals surface area contributed by atoms with Gasteiger partial charge in [0.1, 0.15) is 11.5 Å². The van der Waals surface area contributed by atoms with E-state index >= 15 is 0 Å². The molecule has 0 aliphatic carbocycles. The third kappa shape index (κ3) is 3.99. The van der Waals surface area contributed by atoms with Gasteiger partial charge < -0.3 is 10.2 Å². The zero-order chi connectivity index (χ0) is 17.2. The number of alkyl halides is 3. The highest BCUT2D eigenvalue weighted by atomic mass is 19.4. The number of nitrogens with one attached hydrogen (secondary N) is 1. The molecule has 1 N–H and O–H groups in total. The molecule has 1 aromatic carbocycles. The summed E-state index contributed by atoms with van der Waals surface area (Å²) in [6.07, 6.45) is -2.67. The van der Waals surface area contributed by atoms with Crippen LogP contribution in [0.15, 0.2) is 42.5 Å². The van der Waals surface area contributed by atoms with Gasteiger partial charge >= 0.3 is 6.18 Å². The van der Waals surface area contributed by atoms with Crippen LogP contribution >= 0.6 is 0 Å². The normalized spacial score (nSPS) is 16.2. The Morgan fingerprint density at radius 3 is 2.46 bits per heavy atom. The first-order valence-electron chi connectivity index (χ1n) is 8.04. The van der Waals surface area contributed by atoms with Gasteiger partial charge in [-0.05, 0) is 49.6 Å². The van der Waals surface area contributed by atoms with Crippen LogP contribution in [0.3, 0.4) is 0 Å². The molecule has 0 amide bonds. The van der Waals surface area contributed by atoms with E-state index in [0.717, 1.165) is 24.6 Å². The van der Waals surface area contributed by atoms with Gasteiger partial charge in [-0.25, -0.2) is 4.98 Å². The number of nitrogens with zero attached hydrogens (tertiary/aromatic N) is 2. The summed E-state index contributed by atoms with van der Waals surface area (Å²) in [6.45, 7) is 3.43. The van der Waals surface area contributed by atoms with E-state index in [4.69, 9.17) is 0 Å². The van der Waals surface area contributed by atoms with Crippen LogP contribution in [0.1, 0.15) is 24.1 Å². The van der Waals surface area contributed by atoms with Crippen LogP contribution in [0.4, 0.5) is 24.7 Å². The van der Waals surface area contributed by atoms with E-state index in [-0.39, 0.29) is 0 Å². The van der Waals surface area contributed by atoms with Crippen molar-refractivity contribution in [3.05, 3.63) is 53.7 Å². The Hall–Kier alpha value is -2.24. The number of halogens is 3. The molecule has 0 saturated carbocycles. The number of rotatable bonds is 3. The molecule has 0 spiro atoms. The standard InChI is InChI=1S/C18H20F3N3/c1-13-4-2-5-15(12-13)22-14-8-10-24(11-9-14)17-7-3-6-16(23-17)18(19,20)21/h2-7,12,14,22H,8-11H2,1H3. The van der Waals surface area contributed by atoms with Crippen molar-refractivity contribution in [2.75, 3.05) is 23.3 Å². The maximum atomic E-state index is 12.8. The third-order valence-corrected chi connectivity index (χ3v) is 4.23. The molecular formula is C18H20F3N3. The fourth-order valence-corrected chi connectivity index (χ4v) is 2.98. The summed E-state index contributed by atoms with van der Waals surface area (Å²) in [5.41, 5.74) is 1.45. The fraction of sp³-hybridized carbons (Fsp3) is 0.389. The van der Waals surface area contributed by atoms with Crippen LogP contribution in [0.2, 0.25) is 0 Å². The molecule has 1 fully saturated rings. The van der Waals surface area contributed by atoms with E-state index in [1.165, 1.54) is 11.6 Å². The van der Waals surface area contributed by atoms with Crippen LogP contribution in [0.5, 0.6) is 0 Å². The van der Waals surface area contributed by atoms with Crippen LogP contribution in [-0.4, -0.2) is 24.1 Å². The molecule has 0 unspecified atom stereocenters. The molecule has 1 aliphatic heterocycles. The highest BCUT2D eigenvalue weighted by molar-refractivity contribution is 5.47. The van der Waals surface area contributed by atoms with Gasteiger partial charge in [-0.3, -0.25) is 0 Å². The molecule has 1 saturated heterocycles. The van der Waals surface area contributed by atoms with E-state index in [0.29, 0.717) is 24.9 Å². The predicted octanol–water partition coefficient (Wildman–Crippen LogP) is 4.49. The number of pyridine rings is 1. The summed E-state index contributed by atoms with van der Waals surface area (Å²) in [5.74, 6) is 0.402. The Morgan fingerprint density at radius 1 is 1.08 bits per heavy atom. The van der Waals surface area contributed by atoms with Crippen molar-refractivity contribution in [2.45, 2.75) is 32.0 Å². The zero-order valence-electron chi connectivity index (χ0n) is 13.5. The molecule has 2 heterocycles. The molecule has 0 radical (unpaired) electrons. The van der Waals surface area contributed by atoms with E-state index in [1.807, 2.05) is 30.0 Å². The summed E-state index contributed by atoms with van der Waals surface area (Å²) in [4.78, 5) is 5.69. The van der Waals surface area contributed by atoms with Crippen molar-refractivity contribution in [1.82, 2.24) is 4.98 Å². The maximum absolute atomic E-state index is 12.8. The Labute approximate surface area is 139 Å². The van der Waals surface area contributed by atoms with E-state index < -0.39 is 11.9 Å². The summed E-state index contributed by atoms with van der Waals surface area (Å²) in [6, 6.07) is 12.6. The average Bonchev–Trinajstić information content (AvgIpc) is 2.55. The fourth-order valence-electron chi connectivity index (χ4n) is 2.98. The first kappa shape index (κ1) is 16.6.